The first-order valence-corrected chi connectivity index (χ1v) is 11.7. The second-order valence-corrected chi connectivity index (χ2v) is 8.75. The number of urea groups is 1. The molecule has 0 saturated carbocycles. The zero-order valence-electron chi connectivity index (χ0n) is 19.5. The molecule has 2 N–H and O–H groups in total. The van der Waals surface area contributed by atoms with E-state index in [1.807, 2.05) is 17.0 Å². The molecule has 4 rings (SSSR count). The highest BCUT2D eigenvalue weighted by atomic mass is 19.1. The number of carbonyl (C=O) groups is 2. The third kappa shape index (κ3) is 6.42. The lowest BCUT2D eigenvalue weighted by molar-refractivity contribution is -0.117. The van der Waals surface area contributed by atoms with Gasteiger partial charge in [0.05, 0.1) is 6.54 Å². The van der Waals surface area contributed by atoms with Crippen molar-refractivity contribution in [3.05, 3.63) is 54.0 Å². The number of piperazine rings is 2. The summed E-state index contributed by atoms with van der Waals surface area (Å²) in [6.07, 6.45) is 1.80. The minimum Gasteiger partial charge on any atom is -0.354 e. The molecule has 1 aromatic carbocycles. The van der Waals surface area contributed by atoms with Crippen LogP contribution in [-0.2, 0) is 11.3 Å². The Kier molecular flexibility index (Phi) is 7.91. The Bertz CT molecular complexity index is 972. The van der Waals surface area contributed by atoms with E-state index in [0.717, 1.165) is 37.6 Å². The smallest absolute Gasteiger partial charge is 0.317 e. The van der Waals surface area contributed by atoms with Crippen LogP contribution in [-0.4, -0.2) is 97.6 Å². The highest BCUT2D eigenvalue weighted by Gasteiger charge is 2.23. The highest BCUT2D eigenvalue weighted by Crippen LogP contribution is 2.19. The summed E-state index contributed by atoms with van der Waals surface area (Å²) in [5.41, 5.74) is 1.58. The molecular formula is C24H32FN7O2. The van der Waals surface area contributed by atoms with Crippen LogP contribution in [0.1, 0.15) is 5.56 Å². The molecule has 9 nitrogen and oxygen atoms in total. The van der Waals surface area contributed by atoms with Crippen molar-refractivity contribution in [1.82, 2.24) is 25.0 Å². The Morgan fingerprint density at radius 3 is 2.38 bits per heavy atom. The Morgan fingerprint density at radius 1 is 0.971 bits per heavy atom. The van der Waals surface area contributed by atoms with Crippen molar-refractivity contribution in [2.24, 2.45) is 0 Å². The van der Waals surface area contributed by atoms with Crippen LogP contribution in [0.4, 0.5) is 20.7 Å². The number of rotatable bonds is 6. The van der Waals surface area contributed by atoms with Crippen LogP contribution in [0.3, 0.4) is 0 Å². The van der Waals surface area contributed by atoms with Crippen molar-refractivity contribution in [2.45, 2.75) is 6.54 Å². The number of hydrogen-bond donors (Lipinski definition) is 2. The van der Waals surface area contributed by atoms with Gasteiger partial charge in [-0.2, -0.15) is 0 Å². The molecule has 34 heavy (non-hydrogen) atoms. The molecule has 0 atom stereocenters. The number of nitrogens with one attached hydrogen (secondary N) is 2. The third-order valence-electron chi connectivity index (χ3n) is 6.26. The summed E-state index contributed by atoms with van der Waals surface area (Å²) >= 11 is 0. The number of carbonyl (C=O) groups excluding carboxylic acids is 2. The fourth-order valence-corrected chi connectivity index (χ4v) is 4.20. The molecule has 0 aliphatic carbocycles. The maximum atomic E-state index is 13.0. The number of benzene rings is 1. The van der Waals surface area contributed by atoms with Gasteiger partial charge in [-0.3, -0.25) is 9.69 Å². The number of nitrogens with zero attached hydrogens (tertiary/aromatic N) is 5. The summed E-state index contributed by atoms with van der Waals surface area (Å²) in [5, 5.41) is 5.80. The summed E-state index contributed by atoms with van der Waals surface area (Å²) in [7, 11) is 2.12. The quantitative estimate of drug-likeness (QED) is 0.666. The first-order valence-electron chi connectivity index (χ1n) is 11.7. The van der Waals surface area contributed by atoms with Gasteiger partial charge >= 0.3 is 6.03 Å². The topological polar surface area (TPSA) is 84.1 Å². The first kappa shape index (κ1) is 23.9. The Morgan fingerprint density at radius 2 is 1.68 bits per heavy atom. The summed E-state index contributed by atoms with van der Waals surface area (Å²) in [6, 6.07) is 9.50. The second-order valence-electron chi connectivity index (χ2n) is 8.75. The Hall–Kier alpha value is -3.24. The number of anilines is 2. The van der Waals surface area contributed by atoms with Crippen molar-refractivity contribution >= 4 is 23.4 Å². The first-order chi connectivity index (χ1) is 16.5. The van der Waals surface area contributed by atoms with Crippen LogP contribution in [0.15, 0.2) is 42.6 Å². The van der Waals surface area contributed by atoms with Crippen LogP contribution < -0.4 is 15.5 Å². The highest BCUT2D eigenvalue weighted by molar-refractivity contribution is 5.92. The molecular weight excluding hydrogens is 437 g/mol. The van der Waals surface area contributed by atoms with Gasteiger partial charge in [0.15, 0.2) is 0 Å². The van der Waals surface area contributed by atoms with Crippen LogP contribution in [0.25, 0.3) is 0 Å². The van der Waals surface area contributed by atoms with Crippen LogP contribution in [0.2, 0.25) is 0 Å². The maximum Gasteiger partial charge on any atom is 0.317 e. The zero-order chi connectivity index (χ0) is 23.9. The van der Waals surface area contributed by atoms with E-state index in [-0.39, 0.29) is 24.3 Å². The molecule has 1 aromatic heterocycles. The normalized spacial score (nSPS) is 17.5. The minimum absolute atomic E-state index is 0.108. The summed E-state index contributed by atoms with van der Waals surface area (Å²) in [5.74, 6) is 0.442. The molecule has 182 valence electrons. The van der Waals surface area contributed by atoms with Gasteiger partial charge in [-0.05, 0) is 37.4 Å². The van der Waals surface area contributed by atoms with Crippen LogP contribution in [0, 0.1) is 5.82 Å². The van der Waals surface area contributed by atoms with E-state index >= 15 is 0 Å². The van der Waals surface area contributed by atoms with E-state index in [4.69, 9.17) is 0 Å². The molecule has 0 bridgehead atoms. The van der Waals surface area contributed by atoms with Crippen molar-refractivity contribution in [2.75, 3.05) is 76.2 Å². The SMILES string of the molecule is CN1CCN(c2ncccc2CNC(=O)N2CCN(CC(=O)Nc3ccc(F)cc3)CC2)CC1. The van der Waals surface area contributed by atoms with E-state index in [2.05, 4.69) is 32.5 Å². The van der Waals surface area contributed by atoms with E-state index < -0.39 is 0 Å². The molecule has 2 aromatic rings. The molecule has 2 aliphatic rings. The lowest BCUT2D eigenvalue weighted by atomic mass is 10.2. The summed E-state index contributed by atoms with van der Waals surface area (Å²) < 4.78 is 13.0. The Labute approximate surface area is 199 Å². The van der Waals surface area contributed by atoms with Gasteiger partial charge in [0.2, 0.25) is 5.91 Å². The van der Waals surface area contributed by atoms with Crippen LogP contribution >= 0.6 is 0 Å². The zero-order valence-corrected chi connectivity index (χ0v) is 19.5. The van der Waals surface area contributed by atoms with E-state index in [0.29, 0.717) is 38.4 Å². The minimum atomic E-state index is -0.341. The largest absolute Gasteiger partial charge is 0.354 e. The van der Waals surface area contributed by atoms with Gasteiger partial charge in [0, 0.05) is 76.4 Å². The van der Waals surface area contributed by atoms with Gasteiger partial charge < -0.3 is 25.3 Å². The average Bonchev–Trinajstić information content (AvgIpc) is 2.85. The van der Waals surface area contributed by atoms with Gasteiger partial charge in [-0.25, -0.2) is 14.2 Å². The predicted molar refractivity (Wildman–Crippen MR) is 129 cm³/mol. The van der Waals surface area contributed by atoms with Crippen molar-refractivity contribution in [3.8, 4) is 0 Å². The molecule has 3 amide bonds. The van der Waals surface area contributed by atoms with Crippen molar-refractivity contribution in [1.29, 1.82) is 0 Å². The third-order valence-corrected chi connectivity index (χ3v) is 6.26. The molecule has 0 unspecified atom stereocenters. The summed E-state index contributed by atoms with van der Waals surface area (Å²) in [6.45, 7) is 6.82. The van der Waals surface area contributed by atoms with E-state index in [9.17, 15) is 14.0 Å². The molecule has 2 aliphatic heterocycles. The predicted octanol–water partition coefficient (Wildman–Crippen LogP) is 1.44. The molecule has 2 fully saturated rings. The monoisotopic (exact) mass is 469 g/mol. The number of likely N-dealkylation sites (N-methyl/N-ethyl adjacent to an activating group) is 1. The fraction of sp³-hybridized carbons (Fsp3) is 0.458. The standard InChI is InChI=1S/C24H32FN7O2/c1-29-9-13-31(14-10-29)23-19(3-2-8-26-23)17-27-24(34)32-15-11-30(12-16-32)18-22(33)28-21-6-4-20(25)5-7-21/h2-8H,9-18H2,1H3,(H,27,34)(H,28,33). The van der Waals surface area contributed by atoms with Gasteiger partial charge in [0.1, 0.15) is 11.6 Å². The Balaban J connectivity index is 1.21. The van der Waals surface area contributed by atoms with Gasteiger partial charge in [0.25, 0.3) is 0 Å². The van der Waals surface area contributed by atoms with E-state index in [1.165, 1.54) is 24.3 Å². The lowest BCUT2D eigenvalue weighted by Crippen LogP contribution is -2.53. The number of aromatic nitrogens is 1. The number of pyridine rings is 1. The van der Waals surface area contributed by atoms with Crippen LogP contribution in [0.5, 0.6) is 0 Å². The van der Waals surface area contributed by atoms with Crippen molar-refractivity contribution in [3.63, 3.8) is 0 Å². The average molecular weight is 470 g/mol. The maximum absolute atomic E-state index is 13.0. The number of halogens is 1. The molecule has 3 heterocycles. The second kappa shape index (κ2) is 11.3. The van der Waals surface area contributed by atoms with Gasteiger partial charge in [-0.15, -0.1) is 0 Å². The van der Waals surface area contributed by atoms with Gasteiger partial charge in [-0.1, -0.05) is 6.07 Å². The van der Waals surface area contributed by atoms with Crippen molar-refractivity contribution < 1.29 is 14.0 Å². The molecule has 10 heteroatoms. The number of amides is 3. The summed E-state index contributed by atoms with van der Waals surface area (Å²) in [4.78, 5) is 37.9. The molecule has 0 radical (unpaired) electrons. The lowest BCUT2D eigenvalue weighted by Gasteiger charge is -2.35. The fourth-order valence-electron chi connectivity index (χ4n) is 4.20. The molecule has 0 spiro atoms. The van der Waals surface area contributed by atoms with E-state index in [1.54, 1.807) is 11.1 Å². The molecule has 2 saturated heterocycles. The number of hydrogen-bond acceptors (Lipinski definition) is 6.